The van der Waals surface area contributed by atoms with Gasteiger partial charge in [-0.25, -0.2) is 4.39 Å². The fourth-order valence-electron chi connectivity index (χ4n) is 2.30. The Bertz CT molecular complexity index is 640. The highest BCUT2D eigenvalue weighted by Crippen LogP contribution is 2.39. The van der Waals surface area contributed by atoms with Crippen molar-refractivity contribution in [2.75, 3.05) is 12.3 Å². The molecular weight excluding hydrogens is 293 g/mol. The summed E-state index contributed by atoms with van der Waals surface area (Å²) in [6, 6.07) is 8.44. The van der Waals surface area contributed by atoms with E-state index in [0.29, 0.717) is 6.54 Å². The molecule has 1 amide bonds. The number of carbonyl (C=O) groups is 1. The van der Waals surface area contributed by atoms with Crippen LogP contribution in [0.4, 0.5) is 4.39 Å². The summed E-state index contributed by atoms with van der Waals surface area (Å²) in [4.78, 5) is 15.2. The molecule has 2 heterocycles. The van der Waals surface area contributed by atoms with Crippen LogP contribution in [-0.4, -0.2) is 23.1 Å². The topological polar surface area (TPSA) is 20.3 Å². The van der Waals surface area contributed by atoms with Crippen LogP contribution in [0.3, 0.4) is 0 Å². The predicted octanol–water partition coefficient (Wildman–Crippen LogP) is 4.08. The second-order valence-electron chi connectivity index (χ2n) is 4.77. The van der Waals surface area contributed by atoms with Crippen LogP contribution in [0.5, 0.6) is 0 Å². The van der Waals surface area contributed by atoms with E-state index in [2.05, 4.69) is 0 Å². The van der Waals surface area contributed by atoms with E-state index in [1.54, 1.807) is 17.8 Å². The summed E-state index contributed by atoms with van der Waals surface area (Å²) in [6.07, 6.45) is 0. The van der Waals surface area contributed by atoms with E-state index >= 15 is 0 Å². The van der Waals surface area contributed by atoms with Crippen molar-refractivity contribution in [2.45, 2.75) is 12.3 Å². The number of hydrogen-bond acceptors (Lipinski definition) is 3. The van der Waals surface area contributed by atoms with Crippen LogP contribution in [-0.2, 0) is 0 Å². The molecule has 1 aromatic carbocycles. The molecule has 0 saturated carbocycles. The van der Waals surface area contributed by atoms with Crippen LogP contribution in [0.2, 0.25) is 0 Å². The molecule has 104 valence electrons. The summed E-state index contributed by atoms with van der Waals surface area (Å²) in [6.45, 7) is 2.69. The van der Waals surface area contributed by atoms with Gasteiger partial charge < -0.3 is 4.90 Å². The summed E-state index contributed by atoms with van der Waals surface area (Å²) in [5.74, 6) is 0.675. The Balaban J connectivity index is 1.87. The summed E-state index contributed by atoms with van der Waals surface area (Å²) < 4.78 is 13.4. The molecule has 1 aliphatic heterocycles. The lowest BCUT2D eigenvalue weighted by Crippen LogP contribution is -2.29. The van der Waals surface area contributed by atoms with E-state index < -0.39 is 0 Å². The van der Waals surface area contributed by atoms with E-state index in [-0.39, 0.29) is 17.1 Å². The Morgan fingerprint density at radius 1 is 1.40 bits per heavy atom. The third-order valence-electron chi connectivity index (χ3n) is 3.23. The number of hydrogen-bond donors (Lipinski definition) is 0. The molecule has 0 spiro atoms. The van der Waals surface area contributed by atoms with Crippen LogP contribution in [0.25, 0.3) is 0 Å². The predicted molar refractivity (Wildman–Crippen MR) is 81.7 cm³/mol. The van der Waals surface area contributed by atoms with Crippen molar-refractivity contribution in [3.63, 3.8) is 0 Å². The minimum Gasteiger partial charge on any atom is -0.321 e. The van der Waals surface area contributed by atoms with Gasteiger partial charge in [-0.2, -0.15) is 0 Å². The first-order valence-corrected chi connectivity index (χ1v) is 8.31. The van der Waals surface area contributed by atoms with E-state index in [1.807, 2.05) is 29.3 Å². The molecule has 1 aliphatic rings. The fourth-order valence-corrected chi connectivity index (χ4v) is 4.40. The molecular formula is C15H14FNOS2. The first-order chi connectivity index (χ1) is 9.65. The van der Waals surface area contributed by atoms with Crippen molar-refractivity contribution in [2.24, 2.45) is 0 Å². The lowest BCUT2D eigenvalue weighted by atomic mass is 10.2. The lowest BCUT2D eigenvalue weighted by Gasteiger charge is -2.23. The minimum absolute atomic E-state index is 0.0439. The van der Waals surface area contributed by atoms with Crippen LogP contribution in [0.1, 0.15) is 26.2 Å². The molecule has 0 aliphatic carbocycles. The summed E-state index contributed by atoms with van der Waals surface area (Å²) in [5, 5.41) is 1.90. The minimum atomic E-state index is -0.255. The van der Waals surface area contributed by atoms with Gasteiger partial charge in [0.15, 0.2) is 0 Å². The number of carbonyl (C=O) groups excluding carboxylic acids is 1. The van der Waals surface area contributed by atoms with Gasteiger partial charge in [0.2, 0.25) is 0 Å². The van der Waals surface area contributed by atoms with Gasteiger partial charge >= 0.3 is 0 Å². The van der Waals surface area contributed by atoms with Crippen molar-refractivity contribution >= 4 is 29.0 Å². The Morgan fingerprint density at radius 2 is 2.25 bits per heavy atom. The van der Waals surface area contributed by atoms with Crippen LogP contribution < -0.4 is 0 Å². The van der Waals surface area contributed by atoms with E-state index in [1.165, 1.54) is 23.5 Å². The van der Waals surface area contributed by atoms with Crippen LogP contribution >= 0.6 is 23.1 Å². The van der Waals surface area contributed by atoms with Gasteiger partial charge in [-0.3, -0.25) is 4.79 Å². The van der Waals surface area contributed by atoms with Gasteiger partial charge in [-0.15, -0.1) is 23.1 Å². The monoisotopic (exact) mass is 307 g/mol. The second kappa shape index (κ2) is 5.58. The van der Waals surface area contributed by atoms with Crippen molar-refractivity contribution in [3.05, 3.63) is 57.5 Å². The molecule has 2 aromatic rings. The Morgan fingerprint density at radius 3 is 2.95 bits per heavy atom. The van der Waals surface area contributed by atoms with Crippen molar-refractivity contribution < 1.29 is 9.18 Å². The van der Waals surface area contributed by atoms with Crippen molar-refractivity contribution in [3.8, 4) is 0 Å². The summed E-state index contributed by atoms with van der Waals surface area (Å²) in [5.41, 5.74) is 1.96. The largest absolute Gasteiger partial charge is 0.321 e. The zero-order valence-electron chi connectivity index (χ0n) is 11.0. The zero-order chi connectivity index (χ0) is 14.1. The maximum absolute atomic E-state index is 13.4. The third kappa shape index (κ3) is 2.60. The standard InChI is InChI=1S/C15H14FNOS2/c1-10-7-13(20-9-10)14(18)17-5-6-19-15(17)11-3-2-4-12(16)8-11/h2-4,7-9,15H,5-6H2,1H3/t15-/m0/s1. The highest BCUT2D eigenvalue weighted by Gasteiger charge is 2.31. The summed E-state index contributed by atoms with van der Waals surface area (Å²) in [7, 11) is 0. The maximum Gasteiger partial charge on any atom is 0.265 e. The Labute approximate surface area is 125 Å². The van der Waals surface area contributed by atoms with Gasteiger partial charge in [0, 0.05) is 12.3 Å². The van der Waals surface area contributed by atoms with Gasteiger partial charge in [0.1, 0.15) is 11.2 Å². The third-order valence-corrected chi connectivity index (χ3v) is 5.52. The smallest absolute Gasteiger partial charge is 0.265 e. The fraction of sp³-hybridized carbons (Fsp3) is 0.267. The number of rotatable bonds is 2. The average Bonchev–Trinajstić information content (AvgIpc) is 3.06. The summed E-state index contributed by atoms with van der Waals surface area (Å²) >= 11 is 3.16. The molecule has 0 radical (unpaired) electrons. The number of benzene rings is 1. The first-order valence-electron chi connectivity index (χ1n) is 6.38. The number of thiophene rings is 1. The van der Waals surface area contributed by atoms with Gasteiger partial charge in [0.25, 0.3) is 5.91 Å². The number of nitrogens with zero attached hydrogens (tertiary/aromatic N) is 1. The molecule has 1 atom stereocenters. The molecule has 0 unspecified atom stereocenters. The molecule has 2 nitrogen and oxygen atoms in total. The molecule has 5 heteroatoms. The quantitative estimate of drug-likeness (QED) is 0.833. The van der Waals surface area contributed by atoms with Crippen LogP contribution in [0, 0.1) is 12.7 Å². The first kappa shape index (κ1) is 13.6. The average molecular weight is 307 g/mol. The molecule has 1 aromatic heterocycles. The Hall–Kier alpha value is -1.33. The van der Waals surface area contributed by atoms with Crippen LogP contribution in [0.15, 0.2) is 35.7 Å². The van der Waals surface area contributed by atoms with E-state index in [9.17, 15) is 9.18 Å². The van der Waals surface area contributed by atoms with E-state index in [4.69, 9.17) is 0 Å². The molecule has 3 rings (SSSR count). The number of thioether (sulfide) groups is 1. The number of amides is 1. The van der Waals surface area contributed by atoms with E-state index in [0.717, 1.165) is 21.8 Å². The zero-order valence-corrected chi connectivity index (χ0v) is 12.6. The lowest BCUT2D eigenvalue weighted by molar-refractivity contribution is 0.0765. The van der Waals surface area contributed by atoms with Gasteiger partial charge in [0.05, 0.1) is 4.88 Å². The molecule has 0 N–H and O–H groups in total. The normalized spacial score (nSPS) is 18.5. The highest BCUT2D eigenvalue weighted by molar-refractivity contribution is 7.99. The van der Waals surface area contributed by atoms with Gasteiger partial charge in [-0.1, -0.05) is 12.1 Å². The maximum atomic E-state index is 13.4. The van der Waals surface area contributed by atoms with Gasteiger partial charge in [-0.05, 0) is 41.6 Å². The molecule has 1 fully saturated rings. The second-order valence-corrected chi connectivity index (χ2v) is 6.86. The highest BCUT2D eigenvalue weighted by atomic mass is 32.2. The van der Waals surface area contributed by atoms with Crippen molar-refractivity contribution in [1.29, 1.82) is 0 Å². The van der Waals surface area contributed by atoms with Crippen molar-refractivity contribution in [1.82, 2.24) is 4.90 Å². The number of halogens is 1. The molecule has 0 bridgehead atoms. The molecule has 1 saturated heterocycles. The number of aryl methyl sites for hydroxylation is 1. The molecule has 20 heavy (non-hydrogen) atoms. The Kier molecular flexibility index (Phi) is 3.81. The SMILES string of the molecule is Cc1csc(C(=O)N2CCS[C@H]2c2cccc(F)c2)c1.